The molecule has 1 aliphatic carbocycles. The predicted molar refractivity (Wildman–Crippen MR) is 124 cm³/mol. The lowest BCUT2D eigenvalue weighted by atomic mass is 9.87. The highest BCUT2D eigenvalue weighted by atomic mass is 16.5. The van der Waals surface area contributed by atoms with E-state index in [4.69, 9.17) is 9.84 Å². The molecule has 2 rings (SSSR count). The molecule has 32 heavy (non-hydrogen) atoms. The molecule has 6 heteroatoms. The van der Waals surface area contributed by atoms with Gasteiger partial charge in [-0.05, 0) is 88.8 Å². The van der Waals surface area contributed by atoms with Crippen LogP contribution in [0.4, 0.5) is 0 Å². The molecule has 1 aromatic carbocycles. The van der Waals surface area contributed by atoms with Crippen molar-refractivity contribution < 1.29 is 29.6 Å². The van der Waals surface area contributed by atoms with E-state index in [1.165, 1.54) is 6.07 Å². The molecule has 1 fully saturated rings. The van der Waals surface area contributed by atoms with Crippen molar-refractivity contribution in [1.29, 1.82) is 0 Å². The van der Waals surface area contributed by atoms with Gasteiger partial charge in [0.1, 0.15) is 17.1 Å². The number of carbonyl (C=O) groups is 2. The molecule has 0 saturated heterocycles. The number of carbonyl (C=O) groups excluding carboxylic acids is 1. The third-order valence-corrected chi connectivity index (χ3v) is 6.79. The summed E-state index contributed by atoms with van der Waals surface area (Å²) in [7, 11) is 0. The highest BCUT2D eigenvalue weighted by Crippen LogP contribution is 2.43. The highest BCUT2D eigenvalue weighted by Gasteiger charge is 2.44. The van der Waals surface area contributed by atoms with Gasteiger partial charge in [-0.1, -0.05) is 32.1 Å². The molecule has 0 amide bonds. The molecule has 1 aromatic rings. The highest BCUT2D eigenvalue weighted by molar-refractivity contribution is 5.73. The molecule has 0 spiro atoms. The maximum Gasteiger partial charge on any atom is 0.309 e. The van der Waals surface area contributed by atoms with Gasteiger partial charge in [-0.25, -0.2) is 0 Å². The van der Waals surface area contributed by atoms with Crippen LogP contribution >= 0.6 is 0 Å². The monoisotopic (exact) mass is 448 g/mol. The lowest BCUT2D eigenvalue weighted by molar-refractivity contribution is -0.147. The van der Waals surface area contributed by atoms with Gasteiger partial charge in [0.2, 0.25) is 0 Å². The molecule has 0 unspecified atom stereocenters. The van der Waals surface area contributed by atoms with Crippen LogP contribution in [0.5, 0.6) is 11.5 Å². The molecular formula is C26H40O6. The summed E-state index contributed by atoms with van der Waals surface area (Å²) in [6, 6.07) is 3.38. The van der Waals surface area contributed by atoms with E-state index in [0.717, 1.165) is 94.6 Å². The largest absolute Gasteiger partial charge is 0.508 e. The maximum atomic E-state index is 11.2. The van der Waals surface area contributed by atoms with E-state index in [1.54, 1.807) is 13.8 Å². The smallest absolute Gasteiger partial charge is 0.309 e. The zero-order valence-electron chi connectivity index (χ0n) is 19.7. The predicted octanol–water partition coefficient (Wildman–Crippen LogP) is 5.90. The van der Waals surface area contributed by atoms with Crippen LogP contribution in [-0.2, 0) is 27.2 Å². The molecule has 6 nitrogen and oxygen atoms in total. The Morgan fingerprint density at radius 1 is 0.938 bits per heavy atom. The molecule has 1 aliphatic rings. The quantitative estimate of drug-likeness (QED) is 0.202. The Morgan fingerprint density at radius 2 is 1.47 bits per heavy atom. The average Bonchev–Trinajstić information content (AvgIpc) is 3.49. The number of hydrogen-bond donors (Lipinski definition) is 3. The Labute approximate surface area is 192 Å². The Kier molecular flexibility index (Phi) is 9.85. The van der Waals surface area contributed by atoms with Gasteiger partial charge in [-0.3, -0.25) is 9.59 Å². The normalized spacial score (nSPS) is 14.8. The second-order valence-corrected chi connectivity index (χ2v) is 10.0. The standard InChI is InChI=1S/C26H40O6/c1-25(2,24(30)31)13-9-5-3-7-11-20-17-21(23(29)18-22(20)28)12-8-4-6-10-14-26(15-16-26)32-19-27/h17-19,28-29H,3-16H2,1-2H3,(H,30,31). The molecule has 0 heterocycles. The minimum atomic E-state index is -0.752. The van der Waals surface area contributed by atoms with Crippen LogP contribution in [-0.4, -0.2) is 33.4 Å². The number of carboxylic acids is 1. The van der Waals surface area contributed by atoms with Crippen molar-refractivity contribution >= 4 is 12.4 Å². The summed E-state index contributed by atoms with van der Waals surface area (Å²) < 4.78 is 5.17. The summed E-state index contributed by atoms with van der Waals surface area (Å²) in [5.41, 5.74) is 0.903. The number of aromatic hydroxyl groups is 2. The number of carboxylic acid groups (broad SMARTS) is 1. The fourth-order valence-electron chi connectivity index (χ4n) is 4.20. The number of hydrogen-bond acceptors (Lipinski definition) is 5. The molecule has 0 aromatic heterocycles. The van der Waals surface area contributed by atoms with Crippen molar-refractivity contribution in [2.24, 2.45) is 5.41 Å². The van der Waals surface area contributed by atoms with Crippen molar-refractivity contribution in [3.05, 3.63) is 23.3 Å². The minimum absolute atomic E-state index is 0.142. The summed E-state index contributed by atoms with van der Waals surface area (Å²) in [5.74, 6) is -0.459. The summed E-state index contributed by atoms with van der Waals surface area (Å²) in [5, 5.41) is 29.6. The SMILES string of the molecule is CC(C)(CCCCCCc1cc(CCCCCCC2(OC=O)CC2)c(O)cc1O)C(=O)O. The Bertz CT molecular complexity index is 751. The lowest BCUT2D eigenvalue weighted by Gasteiger charge is -2.18. The fourth-order valence-corrected chi connectivity index (χ4v) is 4.20. The molecule has 180 valence electrons. The summed E-state index contributed by atoms with van der Waals surface area (Å²) >= 11 is 0. The molecular weight excluding hydrogens is 408 g/mol. The van der Waals surface area contributed by atoms with Gasteiger partial charge in [0.25, 0.3) is 6.47 Å². The van der Waals surface area contributed by atoms with Crippen molar-refractivity contribution in [1.82, 2.24) is 0 Å². The first-order chi connectivity index (χ1) is 15.2. The summed E-state index contributed by atoms with van der Waals surface area (Å²) in [6.07, 6.45) is 13.0. The topological polar surface area (TPSA) is 104 Å². The third kappa shape index (κ3) is 8.36. The number of aliphatic carboxylic acids is 1. The second kappa shape index (κ2) is 12.1. The summed E-state index contributed by atoms with van der Waals surface area (Å²) in [4.78, 5) is 21.7. The minimum Gasteiger partial charge on any atom is -0.508 e. The Hall–Kier alpha value is -2.24. The molecule has 1 saturated carbocycles. The van der Waals surface area contributed by atoms with Crippen LogP contribution in [0.25, 0.3) is 0 Å². The maximum absolute atomic E-state index is 11.2. The summed E-state index contributed by atoms with van der Waals surface area (Å²) in [6.45, 7) is 4.09. The van der Waals surface area contributed by atoms with E-state index in [-0.39, 0.29) is 17.1 Å². The Balaban J connectivity index is 1.67. The first kappa shape index (κ1) is 26.0. The molecule has 0 radical (unpaired) electrons. The molecule has 3 N–H and O–H groups in total. The number of phenolic OH excluding ortho intramolecular Hbond substituents is 2. The van der Waals surface area contributed by atoms with Gasteiger partial charge < -0.3 is 20.1 Å². The molecule has 0 bridgehead atoms. The van der Waals surface area contributed by atoms with E-state index in [0.29, 0.717) is 12.9 Å². The van der Waals surface area contributed by atoms with E-state index in [1.807, 2.05) is 6.07 Å². The number of phenols is 2. The van der Waals surface area contributed by atoms with Gasteiger partial charge in [-0.2, -0.15) is 0 Å². The lowest BCUT2D eigenvalue weighted by Crippen LogP contribution is -2.23. The third-order valence-electron chi connectivity index (χ3n) is 6.79. The van der Waals surface area contributed by atoms with Crippen molar-refractivity contribution in [3.63, 3.8) is 0 Å². The Morgan fingerprint density at radius 3 is 1.97 bits per heavy atom. The number of rotatable bonds is 17. The molecule has 0 aliphatic heterocycles. The van der Waals surface area contributed by atoms with Crippen molar-refractivity contribution in [2.75, 3.05) is 0 Å². The van der Waals surface area contributed by atoms with Crippen LogP contribution in [0.15, 0.2) is 12.1 Å². The van der Waals surface area contributed by atoms with Crippen LogP contribution in [0.3, 0.4) is 0 Å². The molecule has 0 atom stereocenters. The first-order valence-corrected chi connectivity index (χ1v) is 12.1. The number of benzene rings is 1. The van der Waals surface area contributed by atoms with Gasteiger partial charge in [0.05, 0.1) is 5.41 Å². The van der Waals surface area contributed by atoms with Crippen molar-refractivity contribution in [2.45, 2.75) is 109 Å². The van der Waals surface area contributed by atoms with E-state index in [9.17, 15) is 19.8 Å². The fraction of sp³-hybridized carbons (Fsp3) is 0.692. The van der Waals surface area contributed by atoms with E-state index >= 15 is 0 Å². The van der Waals surface area contributed by atoms with Gasteiger partial charge in [0, 0.05) is 6.07 Å². The zero-order valence-corrected chi connectivity index (χ0v) is 19.7. The van der Waals surface area contributed by atoms with Crippen LogP contribution in [0.1, 0.15) is 102 Å². The number of ether oxygens (including phenoxy) is 1. The first-order valence-electron chi connectivity index (χ1n) is 12.1. The van der Waals surface area contributed by atoms with Gasteiger partial charge in [0.15, 0.2) is 0 Å². The van der Waals surface area contributed by atoms with Crippen LogP contribution in [0, 0.1) is 5.41 Å². The van der Waals surface area contributed by atoms with E-state index in [2.05, 4.69) is 0 Å². The average molecular weight is 449 g/mol. The second-order valence-electron chi connectivity index (χ2n) is 10.0. The van der Waals surface area contributed by atoms with Crippen molar-refractivity contribution in [3.8, 4) is 11.5 Å². The van der Waals surface area contributed by atoms with Gasteiger partial charge in [-0.15, -0.1) is 0 Å². The van der Waals surface area contributed by atoms with E-state index < -0.39 is 11.4 Å². The number of aryl methyl sites for hydroxylation is 2. The van der Waals surface area contributed by atoms with Crippen LogP contribution in [0.2, 0.25) is 0 Å². The van der Waals surface area contributed by atoms with Crippen LogP contribution < -0.4 is 0 Å². The van der Waals surface area contributed by atoms with Gasteiger partial charge >= 0.3 is 5.97 Å². The number of unbranched alkanes of at least 4 members (excludes halogenated alkanes) is 6. The zero-order chi connectivity index (χ0) is 23.6.